The van der Waals surface area contributed by atoms with Crippen LogP contribution in [0.1, 0.15) is 41.5 Å². The van der Waals surface area contributed by atoms with Crippen molar-refractivity contribution in [3.8, 4) is 28.4 Å². The van der Waals surface area contributed by atoms with Gasteiger partial charge in [0.2, 0.25) is 5.75 Å². The molecule has 0 bridgehead atoms. The number of carbonyl (C=O) groups excluding carboxylic acids is 1. The van der Waals surface area contributed by atoms with E-state index in [1.165, 1.54) is 12.1 Å². The topological polar surface area (TPSA) is 48.0 Å². The molecule has 0 saturated carbocycles. The number of carbonyl (C=O) groups is 1. The Kier molecular flexibility index (Phi) is 10.4. The van der Waals surface area contributed by atoms with Crippen molar-refractivity contribution in [1.82, 2.24) is 4.90 Å². The number of halogens is 3. The number of rotatable bonds is 10. The van der Waals surface area contributed by atoms with Gasteiger partial charge in [0.05, 0.1) is 26.9 Å². The maximum atomic E-state index is 14.2. The molecule has 5 nitrogen and oxygen atoms in total. The van der Waals surface area contributed by atoms with Crippen molar-refractivity contribution in [2.45, 2.75) is 31.9 Å². The first-order valence-corrected chi connectivity index (χ1v) is 15.3. The van der Waals surface area contributed by atoms with Crippen molar-refractivity contribution in [2.75, 3.05) is 34.4 Å². The minimum Gasteiger partial charge on any atom is -0.493 e. The van der Waals surface area contributed by atoms with E-state index >= 15 is 0 Å². The molecule has 0 aromatic heterocycles. The smallest absolute Gasteiger partial charge is 0.416 e. The Morgan fingerprint density at radius 3 is 2.02 bits per heavy atom. The van der Waals surface area contributed by atoms with Crippen LogP contribution in [0.25, 0.3) is 22.8 Å². The van der Waals surface area contributed by atoms with Crippen molar-refractivity contribution < 1.29 is 32.2 Å². The standard InChI is InChI=1S/C38H38F3NO4/c1-44-34-24-28(25-35(45-2)36(34)46-3)23-33(31-16-14-30(15-17-31)29-9-5-4-6-10-29)37(43)42-20-18-26(19-21-42)12-13-27-8-7-11-32(22-27)38(39,40)41/h4-11,14-17,22-26H,12-13,18-21H2,1-3H3/b33-23+. The van der Waals surface area contributed by atoms with E-state index in [0.29, 0.717) is 53.8 Å². The molecule has 1 aliphatic rings. The number of aryl methyl sites for hydroxylation is 1. The first-order valence-electron chi connectivity index (χ1n) is 15.3. The van der Waals surface area contributed by atoms with E-state index in [0.717, 1.165) is 47.6 Å². The van der Waals surface area contributed by atoms with E-state index in [9.17, 15) is 18.0 Å². The lowest BCUT2D eigenvalue weighted by Gasteiger charge is -2.33. The lowest BCUT2D eigenvalue weighted by molar-refractivity contribution is -0.137. The predicted molar refractivity (Wildman–Crippen MR) is 175 cm³/mol. The van der Waals surface area contributed by atoms with E-state index in [4.69, 9.17) is 14.2 Å². The molecule has 1 fully saturated rings. The number of hydrogen-bond donors (Lipinski definition) is 0. The number of amides is 1. The zero-order valence-electron chi connectivity index (χ0n) is 26.3. The molecule has 0 N–H and O–H groups in total. The summed E-state index contributed by atoms with van der Waals surface area (Å²) < 4.78 is 56.1. The van der Waals surface area contributed by atoms with Gasteiger partial charge in [0, 0.05) is 18.7 Å². The first-order chi connectivity index (χ1) is 22.2. The van der Waals surface area contributed by atoms with Crippen LogP contribution in [-0.4, -0.2) is 45.2 Å². The highest BCUT2D eigenvalue weighted by molar-refractivity contribution is 6.24. The molecule has 8 heteroatoms. The van der Waals surface area contributed by atoms with Crippen LogP contribution in [0, 0.1) is 5.92 Å². The monoisotopic (exact) mass is 629 g/mol. The molecule has 1 saturated heterocycles. The zero-order valence-corrected chi connectivity index (χ0v) is 26.3. The second kappa shape index (κ2) is 14.6. The van der Waals surface area contributed by atoms with Gasteiger partial charge in [-0.15, -0.1) is 0 Å². The second-order valence-electron chi connectivity index (χ2n) is 11.4. The summed E-state index contributed by atoms with van der Waals surface area (Å²) in [5.74, 6) is 1.68. The Morgan fingerprint density at radius 1 is 0.804 bits per heavy atom. The quantitative estimate of drug-likeness (QED) is 0.130. The van der Waals surface area contributed by atoms with Crippen LogP contribution >= 0.6 is 0 Å². The minimum atomic E-state index is -4.35. The van der Waals surface area contributed by atoms with Gasteiger partial charge in [0.1, 0.15) is 0 Å². The fraction of sp³-hybridized carbons (Fsp3) is 0.289. The molecular formula is C38H38F3NO4. The lowest BCUT2D eigenvalue weighted by Crippen LogP contribution is -2.39. The van der Waals surface area contributed by atoms with Crippen molar-refractivity contribution >= 4 is 17.6 Å². The van der Waals surface area contributed by atoms with Crippen LogP contribution in [0.5, 0.6) is 17.2 Å². The number of hydrogen-bond acceptors (Lipinski definition) is 4. The van der Waals surface area contributed by atoms with Crippen molar-refractivity contribution in [3.05, 3.63) is 113 Å². The van der Waals surface area contributed by atoms with Gasteiger partial charge in [0.15, 0.2) is 11.5 Å². The first kappa shape index (κ1) is 32.7. The van der Waals surface area contributed by atoms with Gasteiger partial charge in [-0.25, -0.2) is 0 Å². The van der Waals surface area contributed by atoms with Gasteiger partial charge >= 0.3 is 6.18 Å². The summed E-state index contributed by atoms with van der Waals surface area (Å²) in [6.07, 6.45) is 0.423. The summed E-state index contributed by atoms with van der Waals surface area (Å²) in [4.78, 5) is 16.0. The number of ether oxygens (including phenoxy) is 3. The number of methoxy groups -OCH3 is 3. The Bertz CT molecular complexity index is 1630. The number of alkyl halides is 3. The highest BCUT2D eigenvalue weighted by atomic mass is 19.4. The summed E-state index contributed by atoms with van der Waals surface area (Å²) in [6.45, 7) is 1.14. The predicted octanol–water partition coefficient (Wildman–Crippen LogP) is 8.81. The van der Waals surface area contributed by atoms with Gasteiger partial charge in [-0.05, 0) is 83.7 Å². The van der Waals surface area contributed by atoms with E-state index in [2.05, 4.69) is 0 Å². The van der Waals surface area contributed by atoms with Gasteiger partial charge in [0.25, 0.3) is 5.91 Å². The average Bonchev–Trinajstić information content (AvgIpc) is 3.09. The summed E-state index contributed by atoms with van der Waals surface area (Å²) in [6, 6.07) is 27.2. The Morgan fingerprint density at radius 2 is 1.43 bits per heavy atom. The van der Waals surface area contributed by atoms with Crippen LogP contribution in [0.2, 0.25) is 0 Å². The van der Waals surface area contributed by atoms with E-state index in [1.807, 2.05) is 77.7 Å². The number of piperidine rings is 1. The maximum absolute atomic E-state index is 14.2. The largest absolute Gasteiger partial charge is 0.493 e. The molecule has 1 heterocycles. The van der Waals surface area contributed by atoms with Crippen molar-refractivity contribution in [1.29, 1.82) is 0 Å². The Hall–Kier alpha value is -4.72. The molecule has 46 heavy (non-hydrogen) atoms. The van der Waals surface area contributed by atoms with Crippen LogP contribution in [0.3, 0.4) is 0 Å². The summed E-state index contributed by atoms with van der Waals surface area (Å²) in [7, 11) is 4.65. The number of likely N-dealkylation sites (tertiary alicyclic amines) is 1. The molecule has 5 rings (SSSR count). The lowest BCUT2D eigenvalue weighted by atomic mass is 9.89. The van der Waals surface area contributed by atoms with Crippen LogP contribution in [0.15, 0.2) is 91.0 Å². The molecule has 4 aromatic carbocycles. The van der Waals surface area contributed by atoms with Gasteiger partial charge < -0.3 is 19.1 Å². The third kappa shape index (κ3) is 7.73. The molecule has 1 amide bonds. The molecule has 4 aromatic rings. The molecule has 0 spiro atoms. The molecule has 0 radical (unpaired) electrons. The normalized spacial score (nSPS) is 14.2. The van der Waals surface area contributed by atoms with Crippen molar-refractivity contribution in [2.24, 2.45) is 5.92 Å². The van der Waals surface area contributed by atoms with Crippen molar-refractivity contribution in [3.63, 3.8) is 0 Å². The fourth-order valence-corrected chi connectivity index (χ4v) is 5.96. The minimum absolute atomic E-state index is 0.0856. The van der Waals surface area contributed by atoms with Crippen LogP contribution < -0.4 is 14.2 Å². The summed E-state index contributed by atoms with van der Waals surface area (Å²) >= 11 is 0. The van der Waals surface area contributed by atoms with Crippen LogP contribution in [-0.2, 0) is 17.4 Å². The average molecular weight is 630 g/mol. The second-order valence-corrected chi connectivity index (χ2v) is 11.4. The Balaban J connectivity index is 1.36. The van der Waals surface area contributed by atoms with Crippen LogP contribution in [0.4, 0.5) is 13.2 Å². The van der Waals surface area contributed by atoms with E-state index in [1.54, 1.807) is 27.4 Å². The fourth-order valence-electron chi connectivity index (χ4n) is 5.96. The molecule has 240 valence electrons. The molecule has 0 aliphatic carbocycles. The zero-order chi connectivity index (χ0) is 32.7. The van der Waals surface area contributed by atoms with Gasteiger partial charge in [-0.2, -0.15) is 13.2 Å². The molecule has 1 aliphatic heterocycles. The maximum Gasteiger partial charge on any atom is 0.416 e. The van der Waals surface area contributed by atoms with E-state index < -0.39 is 11.7 Å². The molecule has 0 unspecified atom stereocenters. The molecular weight excluding hydrogens is 591 g/mol. The Labute approximate surface area is 268 Å². The summed E-state index contributed by atoms with van der Waals surface area (Å²) in [5, 5.41) is 0. The highest BCUT2D eigenvalue weighted by Gasteiger charge is 2.31. The third-order valence-corrected chi connectivity index (χ3v) is 8.53. The highest BCUT2D eigenvalue weighted by Crippen LogP contribution is 2.39. The SMILES string of the molecule is COc1cc(/C=C(/C(=O)N2CCC(CCc3cccc(C(F)(F)F)c3)CC2)c2ccc(-c3ccccc3)cc2)cc(OC)c1OC. The molecule has 0 atom stereocenters. The number of benzene rings is 4. The van der Waals surface area contributed by atoms with Gasteiger partial charge in [-0.1, -0.05) is 72.8 Å². The third-order valence-electron chi connectivity index (χ3n) is 8.53. The van der Waals surface area contributed by atoms with Gasteiger partial charge in [-0.3, -0.25) is 4.79 Å². The number of nitrogens with zero attached hydrogens (tertiary/aromatic N) is 1. The van der Waals surface area contributed by atoms with E-state index in [-0.39, 0.29) is 5.91 Å². The summed E-state index contributed by atoms with van der Waals surface area (Å²) in [5.41, 5.74) is 4.24.